The molecular formula is C24H16BrN3O3. The predicted molar refractivity (Wildman–Crippen MR) is 125 cm³/mol. The molecule has 0 bridgehead atoms. The number of furan rings is 1. The Balaban J connectivity index is 1.70. The fraction of sp³-hybridized carbons (Fsp3) is 0.0417. The molecule has 0 spiro atoms. The van der Waals surface area contributed by atoms with Crippen molar-refractivity contribution in [3.63, 3.8) is 0 Å². The number of rotatable bonds is 4. The average molecular weight is 474 g/mol. The number of para-hydroxylation sites is 2. The van der Waals surface area contributed by atoms with E-state index in [0.29, 0.717) is 28.2 Å². The van der Waals surface area contributed by atoms with Gasteiger partial charge in [0.05, 0.1) is 28.7 Å². The number of hydrogen-bond donors (Lipinski definition) is 0. The highest BCUT2D eigenvalue weighted by molar-refractivity contribution is 9.10. The third-order valence-electron chi connectivity index (χ3n) is 4.90. The van der Waals surface area contributed by atoms with E-state index in [-0.39, 0.29) is 5.56 Å². The van der Waals surface area contributed by atoms with E-state index in [1.54, 1.807) is 31.5 Å². The van der Waals surface area contributed by atoms with Crippen LogP contribution in [0.15, 0.2) is 91.6 Å². The summed E-state index contributed by atoms with van der Waals surface area (Å²) in [4.78, 5) is 17.9. The largest absolute Gasteiger partial charge is 0.496 e. The van der Waals surface area contributed by atoms with Crippen molar-refractivity contribution >= 4 is 44.0 Å². The van der Waals surface area contributed by atoms with E-state index in [1.165, 1.54) is 4.68 Å². The lowest BCUT2D eigenvalue weighted by Gasteiger charge is -2.07. The topological polar surface area (TPSA) is 69.6 Å². The van der Waals surface area contributed by atoms with Crippen molar-refractivity contribution in [3.8, 4) is 17.3 Å². The average Bonchev–Trinajstić information content (AvgIpc) is 3.22. The van der Waals surface area contributed by atoms with Gasteiger partial charge >= 0.3 is 0 Å². The Kier molecular flexibility index (Phi) is 4.88. The van der Waals surface area contributed by atoms with Gasteiger partial charge < -0.3 is 9.15 Å². The Morgan fingerprint density at radius 3 is 2.68 bits per heavy atom. The number of hydrogen-bond acceptors (Lipinski definition) is 5. The van der Waals surface area contributed by atoms with Crippen LogP contribution >= 0.6 is 15.9 Å². The first-order chi connectivity index (χ1) is 15.1. The van der Waals surface area contributed by atoms with Gasteiger partial charge in [-0.2, -0.15) is 9.78 Å². The van der Waals surface area contributed by atoms with Crippen molar-refractivity contribution in [1.82, 2.24) is 9.66 Å². The fourth-order valence-corrected chi connectivity index (χ4v) is 3.93. The summed E-state index contributed by atoms with van der Waals surface area (Å²) in [5, 5.41) is 5.87. The molecule has 2 heterocycles. The summed E-state index contributed by atoms with van der Waals surface area (Å²) >= 11 is 3.47. The summed E-state index contributed by atoms with van der Waals surface area (Å²) in [5.74, 6) is 1.52. The minimum absolute atomic E-state index is 0.273. The molecule has 0 fully saturated rings. The van der Waals surface area contributed by atoms with Crippen LogP contribution in [-0.2, 0) is 0 Å². The van der Waals surface area contributed by atoms with Gasteiger partial charge in [-0.1, -0.05) is 30.3 Å². The highest BCUT2D eigenvalue weighted by Crippen LogP contribution is 2.27. The van der Waals surface area contributed by atoms with Gasteiger partial charge in [-0.25, -0.2) is 4.98 Å². The standard InChI is InChI=1S/C24H16BrN3O3/c1-30-21-11-10-15(12-18(21)25)14-26-28-23(22-13-16-6-2-5-9-20(16)31-22)27-19-8-4-3-7-17(19)24(28)29/h2-14H,1H3. The van der Waals surface area contributed by atoms with Crippen LogP contribution in [-0.4, -0.2) is 23.0 Å². The smallest absolute Gasteiger partial charge is 0.282 e. The second kappa shape index (κ2) is 7.85. The molecule has 0 unspecified atom stereocenters. The van der Waals surface area contributed by atoms with Crippen molar-refractivity contribution in [2.45, 2.75) is 0 Å². The van der Waals surface area contributed by atoms with Gasteiger partial charge in [0, 0.05) is 5.39 Å². The first kappa shape index (κ1) is 19.3. The maximum Gasteiger partial charge on any atom is 0.282 e. The lowest BCUT2D eigenvalue weighted by Crippen LogP contribution is -2.20. The number of benzene rings is 3. The third kappa shape index (κ3) is 3.53. The summed E-state index contributed by atoms with van der Waals surface area (Å²) in [5.41, 5.74) is 1.82. The molecule has 0 radical (unpaired) electrons. The van der Waals surface area contributed by atoms with E-state index in [2.05, 4.69) is 26.0 Å². The molecule has 0 saturated heterocycles. The molecule has 0 N–H and O–H groups in total. The monoisotopic (exact) mass is 473 g/mol. The molecule has 31 heavy (non-hydrogen) atoms. The van der Waals surface area contributed by atoms with E-state index in [1.807, 2.05) is 54.6 Å². The normalized spacial score (nSPS) is 11.5. The zero-order valence-electron chi connectivity index (χ0n) is 16.4. The number of aromatic nitrogens is 2. The van der Waals surface area contributed by atoms with Crippen molar-refractivity contribution in [3.05, 3.63) is 93.2 Å². The van der Waals surface area contributed by atoms with Gasteiger partial charge in [-0.05, 0) is 64.0 Å². The maximum absolute atomic E-state index is 13.3. The molecular weight excluding hydrogens is 458 g/mol. The molecule has 152 valence electrons. The first-order valence-electron chi connectivity index (χ1n) is 9.53. The van der Waals surface area contributed by atoms with E-state index >= 15 is 0 Å². The SMILES string of the molecule is COc1ccc(C=Nn2c(-c3cc4ccccc4o3)nc3ccccc3c2=O)cc1Br. The summed E-state index contributed by atoms with van der Waals surface area (Å²) in [6, 6.07) is 22.3. The van der Waals surface area contributed by atoms with Crippen molar-refractivity contribution in [2.75, 3.05) is 7.11 Å². The number of nitrogens with zero attached hydrogens (tertiary/aromatic N) is 3. The van der Waals surface area contributed by atoms with Gasteiger partial charge in [-0.3, -0.25) is 4.79 Å². The Bertz CT molecular complexity index is 1490. The van der Waals surface area contributed by atoms with Crippen molar-refractivity contribution in [1.29, 1.82) is 0 Å². The molecule has 0 aliphatic carbocycles. The van der Waals surface area contributed by atoms with E-state index in [0.717, 1.165) is 21.0 Å². The van der Waals surface area contributed by atoms with E-state index in [9.17, 15) is 4.79 Å². The van der Waals surface area contributed by atoms with E-state index < -0.39 is 0 Å². The molecule has 5 aromatic rings. The van der Waals surface area contributed by atoms with Crippen LogP contribution in [0.5, 0.6) is 5.75 Å². The third-order valence-corrected chi connectivity index (χ3v) is 5.52. The molecule has 3 aromatic carbocycles. The second-order valence-corrected chi connectivity index (χ2v) is 7.71. The maximum atomic E-state index is 13.3. The second-order valence-electron chi connectivity index (χ2n) is 6.86. The van der Waals surface area contributed by atoms with Gasteiger partial charge in [-0.15, -0.1) is 0 Å². The van der Waals surface area contributed by atoms with Gasteiger partial charge in [0.15, 0.2) is 5.76 Å². The Labute approximate surface area is 185 Å². The van der Waals surface area contributed by atoms with Crippen LogP contribution in [0.4, 0.5) is 0 Å². The molecule has 0 atom stereocenters. The predicted octanol–water partition coefficient (Wildman–Crippen LogP) is 5.46. The molecule has 5 rings (SSSR count). The summed E-state index contributed by atoms with van der Waals surface area (Å²) in [6.07, 6.45) is 1.61. The zero-order valence-corrected chi connectivity index (χ0v) is 18.0. The van der Waals surface area contributed by atoms with Crippen molar-refractivity contribution in [2.24, 2.45) is 5.10 Å². The summed E-state index contributed by atoms with van der Waals surface area (Å²) < 4.78 is 13.3. The lowest BCUT2D eigenvalue weighted by atomic mass is 10.2. The first-order valence-corrected chi connectivity index (χ1v) is 10.3. The Hall–Kier alpha value is -3.71. The molecule has 0 aliphatic rings. The van der Waals surface area contributed by atoms with Crippen LogP contribution in [0.25, 0.3) is 33.5 Å². The van der Waals surface area contributed by atoms with Crippen LogP contribution in [0.3, 0.4) is 0 Å². The minimum Gasteiger partial charge on any atom is -0.496 e. The van der Waals surface area contributed by atoms with E-state index in [4.69, 9.17) is 9.15 Å². The number of fused-ring (bicyclic) bond motifs is 2. The fourth-order valence-electron chi connectivity index (χ4n) is 3.37. The lowest BCUT2D eigenvalue weighted by molar-refractivity contribution is 0.412. The highest BCUT2D eigenvalue weighted by atomic mass is 79.9. The quantitative estimate of drug-likeness (QED) is 0.324. The van der Waals surface area contributed by atoms with Crippen molar-refractivity contribution < 1.29 is 9.15 Å². The molecule has 7 heteroatoms. The summed E-state index contributed by atoms with van der Waals surface area (Å²) in [7, 11) is 1.60. The van der Waals surface area contributed by atoms with Gasteiger partial charge in [0.2, 0.25) is 5.82 Å². The minimum atomic E-state index is -0.273. The Morgan fingerprint density at radius 1 is 1.06 bits per heavy atom. The highest BCUT2D eigenvalue weighted by Gasteiger charge is 2.16. The van der Waals surface area contributed by atoms with Crippen LogP contribution in [0.2, 0.25) is 0 Å². The molecule has 6 nitrogen and oxygen atoms in total. The number of halogens is 1. The van der Waals surface area contributed by atoms with Crippen LogP contribution in [0.1, 0.15) is 5.56 Å². The zero-order chi connectivity index (χ0) is 21.4. The number of methoxy groups -OCH3 is 1. The molecule has 0 aliphatic heterocycles. The Morgan fingerprint density at radius 2 is 1.87 bits per heavy atom. The van der Waals surface area contributed by atoms with Crippen LogP contribution < -0.4 is 10.3 Å². The van der Waals surface area contributed by atoms with Gasteiger partial charge in [0.1, 0.15) is 11.3 Å². The molecule has 0 saturated carbocycles. The number of ether oxygens (including phenoxy) is 1. The van der Waals surface area contributed by atoms with Crippen LogP contribution in [0, 0.1) is 0 Å². The van der Waals surface area contributed by atoms with Gasteiger partial charge in [0.25, 0.3) is 5.56 Å². The summed E-state index contributed by atoms with van der Waals surface area (Å²) in [6.45, 7) is 0. The molecule has 2 aromatic heterocycles. The molecule has 0 amide bonds.